The van der Waals surface area contributed by atoms with Crippen LogP contribution in [-0.4, -0.2) is 22.6 Å². The molecule has 2 rings (SSSR count). The molecule has 5 nitrogen and oxygen atoms in total. The SMILES string of the molecule is CCNc1nnc(C(=O)NCc2ccc(F)cc2)s1. The van der Waals surface area contributed by atoms with Crippen molar-refractivity contribution in [2.24, 2.45) is 0 Å². The number of carbonyl (C=O) groups is 1. The van der Waals surface area contributed by atoms with Crippen molar-refractivity contribution in [2.75, 3.05) is 11.9 Å². The zero-order chi connectivity index (χ0) is 13.7. The molecule has 1 aromatic heterocycles. The van der Waals surface area contributed by atoms with Gasteiger partial charge in [0, 0.05) is 13.1 Å². The highest BCUT2D eigenvalue weighted by atomic mass is 32.1. The Kier molecular flexibility index (Phi) is 4.40. The molecular formula is C12H13FN4OS. The van der Waals surface area contributed by atoms with Crippen molar-refractivity contribution in [1.29, 1.82) is 0 Å². The van der Waals surface area contributed by atoms with E-state index >= 15 is 0 Å². The van der Waals surface area contributed by atoms with Crippen LogP contribution in [0.25, 0.3) is 0 Å². The average Bonchev–Trinajstić information content (AvgIpc) is 2.87. The van der Waals surface area contributed by atoms with Crippen LogP contribution >= 0.6 is 11.3 Å². The lowest BCUT2D eigenvalue weighted by Gasteiger charge is -2.02. The van der Waals surface area contributed by atoms with Crippen molar-refractivity contribution in [3.63, 3.8) is 0 Å². The van der Waals surface area contributed by atoms with Crippen molar-refractivity contribution in [3.8, 4) is 0 Å². The molecule has 2 N–H and O–H groups in total. The lowest BCUT2D eigenvalue weighted by atomic mass is 10.2. The fraction of sp³-hybridized carbons (Fsp3) is 0.250. The molecule has 19 heavy (non-hydrogen) atoms. The molecule has 0 saturated heterocycles. The minimum atomic E-state index is -0.297. The van der Waals surface area contributed by atoms with E-state index in [-0.39, 0.29) is 11.7 Å². The number of carbonyl (C=O) groups excluding carboxylic acids is 1. The molecule has 0 fully saturated rings. The Bertz CT molecular complexity index is 555. The van der Waals surface area contributed by atoms with Crippen molar-refractivity contribution >= 4 is 22.4 Å². The third kappa shape index (κ3) is 3.72. The van der Waals surface area contributed by atoms with Gasteiger partial charge in [0.1, 0.15) is 5.82 Å². The molecule has 1 aromatic carbocycles. The second-order valence-electron chi connectivity index (χ2n) is 3.75. The molecule has 0 atom stereocenters. The summed E-state index contributed by atoms with van der Waals surface area (Å²) in [6.07, 6.45) is 0. The maximum Gasteiger partial charge on any atom is 0.282 e. The molecule has 0 saturated carbocycles. The number of nitrogens with zero attached hydrogens (tertiary/aromatic N) is 2. The Balaban J connectivity index is 1.91. The van der Waals surface area contributed by atoms with Gasteiger partial charge in [-0.25, -0.2) is 4.39 Å². The minimum absolute atomic E-state index is 0.286. The van der Waals surface area contributed by atoms with Gasteiger partial charge in [-0.15, -0.1) is 10.2 Å². The highest BCUT2D eigenvalue weighted by Gasteiger charge is 2.11. The summed E-state index contributed by atoms with van der Waals surface area (Å²) in [5.74, 6) is -0.583. The molecule has 100 valence electrons. The number of hydrogen-bond acceptors (Lipinski definition) is 5. The van der Waals surface area contributed by atoms with Gasteiger partial charge in [0.05, 0.1) is 0 Å². The van der Waals surface area contributed by atoms with Crippen LogP contribution in [0.5, 0.6) is 0 Å². The molecule has 0 radical (unpaired) electrons. The Morgan fingerprint density at radius 2 is 2.05 bits per heavy atom. The van der Waals surface area contributed by atoms with Gasteiger partial charge in [0.25, 0.3) is 5.91 Å². The number of rotatable bonds is 5. The summed E-state index contributed by atoms with van der Waals surface area (Å²) in [6.45, 7) is 3.00. The predicted molar refractivity (Wildman–Crippen MR) is 71.6 cm³/mol. The standard InChI is InChI=1S/C12H13FN4OS/c1-2-14-12-17-16-11(19-12)10(18)15-7-8-3-5-9(13)6-4-8/h3-6H,2,7H2,1H3,(H,14,17)(H,15,18). The van der Waals surface area contributed by atoms with Crippen LogP contribution < -0.4 is 10.6 Å². The van der Waals surface area contributed by atoms with Gasteiger partial charge in [0.15, 0.2) is 0 Å². The average molecular weight is 280 g/mol. The quantitative estimate of drug-likeness (QED) is 0.879. The molecule has 0 aliphatic rings. The van der Waals surface area contributed by atoms with E-state index in [0.29, 0.717) is 16.7 Å². The van der Waals surface area contributed by atoms with Crippen molar-refractivity contribution in [3.05, 3.63) is 40.7 Å². The summed E-state index contributed by atoms with van der Waals surface area (Å²) in [6, 6.07) is 5.96. The molecule has 0 spiro atoms. The van der Waals surface area contributed by atoms with Gasteiger partial charge in [-0.1, -0.05) is 23.5 Å². The van der Waals surface area contributed by atoms with Crippen LogP contribution in [0.15, 0.2) is 24.3 Å². The first-order valence-corrected chi connectivity index (χ1v) is 6.60. The summed E-state index contributed by atoms with van der Waals surface area (Å²) in [5.41, 5.74) is 0.825. The normalized spacial score (nSPS) is 10.2. The van der Waals surface area contributed by atoms with E-state index in [1.165, 1.54) is 23.5 Å². The molecular weight excluding hydrogens is 267 g/mol. The lowest BCUT2D eigenvalue weighted by Crippen LogP contribution is -2.22. The zero-order valence-corrected chi connectivity index (χ0v) is 11.1. The van der Waals surface area contributed by atoms with E-state index in [0.717, 1.165) is 12.1 Å². The van der Waals surface area contributed by atoms with Gasteiger partial charge < -0.3 is 10.6 Å². The summed E-state index contributed by atoms with van der Waals surface area (Å²) in [5, 5.41) is 14.3. The largest absolute Gasteiger partial charge is 0.360 e. The van der Waals surface area contributed by atoms with Crippen LogP contribution in [0.4, 0.5) is 9.52 Å². The first-order valence-electron chi connectivity index (χ1n) is 5.79. The van der Waals surface area contributed by atoms with E-state index < -0.39 is 0 Å². The number of benzene rings is 1. The number of anilines is 1. The first-order chi connectivity index (χ1) is 9.19. The third-order valence-electron chi connectivity index (χ3n) is 2.31. The smallest absolute Gasteiger partial charge is 0.282 e. The van der Waals surface area contributed by atoms with Crippen molar-refractivity contribution < 1.29 is 9.18 Å². The van der Waals surface area contributed by atoms with Crippen LogP contribution in [0.3, 0.4) is 0 Å². The van der Waals surface area contributed by atoms with Gasteiger partial charge in [-0.3, -0.25) is 4.79 Å². The minimum Gasteiger partial charge on any atom is -0.360 e. The molecule has 1 heterocycles. The molecule has 0 unspecified atom stereocenters. The molecule has 0 aliphatic heterocycles. The number of aromatic nitrogens is 2. The second kappa shape index (κ2) is 6.24. The topological polar surface area (TPSA) is 66.9 Å². The summed E-state index contributed by atoms with van der Waals surface area (Å²) >= 11 is 1.20. The number of hydrogen-bond donors (Lipinski definition) is 2. The van der Waals surface area contributed by atoms with Crippen LogP contribution in [0.2, 0.25) is 0 Å². The van der Waals surface area contributed by atoms with Gasteiger partial charge in [0.2, 0.25) is 10.1 Å². The number of halogens is 1. The number of nitrogens with one attached hydrogen (secondary N) is 2. The monoisotopic (exact) mass is 280 g/mol. The van der Waals surface area contributed by atoms with Crippen LogP contribution in [0.1, 0.15) is 22.3 Å². The predicted octanol–water partition coefficient (Wildman–Crippen LogP) is 2.04. The Hall–Kier alpha value is -2.02. The van der Waals surface area contributed by atoms with E-state index in [1.54, 1.807) is 12.1 Å². The summed E-state index contributed by atoms with van der Waals surface area (Å²) in [7, 11) is 0. The molecule has 0 aliphatic carbocycles. The molecule has 1 amide bonds. The van der Waals surface area contributed by atoms with Gasteiger partial charge in [-0.2, -0.15) is 0 Å². The van der Waals surface area contributed by atoms with Crippen molar-refractivity contribution in [2.45, 2.75) is 13.5 Å². The zero-order valence-electron chi connectivity index (χ0n) is 10.3. The van der Waals surface area contributed by atoms with E-state index in [9.17, 15) is 9.18 Å². The fourth-order valence-electron chi connectivity index (χ4n) is 1.40. The number of amides is 1. The van der Waals surface area contributed by atoms with Gasteiger partial charge >= 0.3 is 0 Å². The van der Waals surface area contributed by atoms with Crippen molar-refractivity contribution in [1.82, 2.24) is 15.5 Å². The molecule has 7 heteroatoms. The van der Waals surface area contributed by atoms with E-state index in [2.05, 4.69) is 20.8 Å². The fourth-order valence-corrected chi connectivity index (χ4v) is 2.13. The first kappa shape index (κ1) is 13.4. The van der Waals surface area contributed by atoms with Crippen LogP contribution in [-0.2, 0) is 6.54 Å². The highest BCUT2D eigenvalue weighted by molar-refractivity contribution is 7.17. The Morgan fingerprint density at radius 3 is 2.74 bits per heavy atom. The Labute approximate surface area is 113 Å². The summed E-state index contributed by atoms with van der Waals surface area (Å²) < 4.78 is 12.7. The van der Waals surface area contributed by atoms with E-state index in [4.69, 9.17) is 0 Å². The highest BCUT2D eigenvalue weighted by Crippen LogP contribution is 2.14. The summed E-state index contributed by atoms with van der Waals surface area (Å²) in [4.78, 5) is 11.8. The van der Waals surface area contributed by atoms with Crippen LogP contribution in [0, 0.1) is 5.82 Å². The maximum atomic E-state index is 12.7. The Morgan fingerprint density at radius 1 is 1.32 bits per heavy atom. The third-order valence-corrected chi connectivity index (χ3v) is 3.19. The second-order valence-corrected chi connectivity index (χ2v) is 4.73. The molecule has 2 aromatic rings. The maximum absolute atomic E-state index is 12.7. The lowest BCUT2D eigenvalue weighted by molar-refractivity contribution is 0.0950. The van der Waals surface area contributed by atoms with E-state index in [1.807, 2.05) is 6.92 Å². The molecule has 0 bridgehead atoms. The van der Waals surface area contributed by atoms with Gasteiger partial charge in [-0.05, 0) is 24.6 Å².